The van der Waals surface area contributed by atoms with Gasteiger partial charge in [0.25, 0.3) is 0 Å². The Morgan fingerprint density at radius 2 is 1.95 bits per heavy atom. The summed E-state index contributed by atoms with van der Waals surface area (Å²) in [5.74, 6) is 0.963. The highest BCUT2D eigenvalue weighted by Gasteiger charge is 2.25. The number of rotatable bonds is 5. The standard InChI is InChI=1S/C13H26N4O.ClH/c1-11(7-15-13(18)12-8-14-9-12)10-17-5-3-16(2)4-6-17;/h11-12,14H,3-10H2,1-2H3,(H,15,18);1H. The van der Waals surface area contributed by atoms with Gasteiger partial charge in [-0.15, -0.1) is 12.4 Å². The smallest absolute Gasteiger partial charge is 0.225 e. The third-order valence-electron chi connectivity index (χ3n) is 3.94. The van der Waals surface area contributed by atoms with Crippen LogP contribution >= 0.6 is 12.4 Å². The highest BCUT2D eigenvalue weighted by molar-refractivity contribution is 5.85. The molecule has 6 heteroatoms. The summed E-state index contributed by atoms with van der Waals surface area (Å²) < 4.78 is 0. The van der Waals surface area contributed by atoms with Crippen LogP contribution in [-0.2, 0) is 4.79 Å². The van der Waals surface area contributed by atoms with Gasteiger partial charge in [0.05, 0.1) is 5.92 Å². The maximum Gasteiger partial charge on any atom is 0.225 e. The summed E-state index contributed by atoms with van der Waals surface area (Å²) in [6.07, 6.45) is 0. The second-order valence-electron chi connectivity index (χ2n) is 5.81. The molecule has 0 spiro atoms. The van der Waals surface area contributed by atoms with Crippen LogP contribution in [-0.4, -0.2) is 75.1 Å². The van der Waals surface area contributed by atoms with Crippen LogP contribution in [0.15, 0.2) is 0 Å². The molecule has 2 aliphatic rings. The van der Waals surface area contributed by atoms with E-state index < -0.39 is 0 Å². The van der Waals surface area contributed by atoms with E-state index in [1.165, 1.54) is 0 Å². The van der Waals surface area contributed by atoms with Gasteiger partial charge in [-0.25, -0.2) is 0 Å². The highest BCUT2D eigenvalue weighted by Crippen LogP contribution is 2.05. The first-order valence-corrected chi connectivity index (χ1v) is 7.04. The molecule has 0 radical (unpaired) electrons. The Bertz CT molecular complexity index is 278. The molecule has 2 aliphatic heterocycles. The summed E-state index contributed by atoms with van der Waals surface area (Å²) in [6, 6.07) is 0. The van der Waals surface area contributed by atoms with Crippen molar-refractivity contribution in [1.82, 2.24) is 20.4 Å². The Morgan fingerprint density at radius 1 is 1.32 bits per heavy atom. The third kappa shape index (κ3) is 5.26. The zero-order valence-corrected chi connectivity index (χ0v) is 12.8. The molecular formula is C13H27ClN4O. The molecule has 19 heavy (non-hydrogen) atoms. The largest absolute Gasteiger partial charge is 0.355 e. The monoisotopic (exact) mass is 290 g/mol. The summed E-state index contributed by atoms with van der Waals surface area (Å²) in [5.41, 5.74) is 0. The van der Waals surface area contributed by atoms with E-state index in [-0.39, 0.29) is 24.2 Å². The van der Waals surface area contributed by atoms with E-state index in [1.807, 2.05) is 0 Å². The fraction of sp³-hybridized carbons (Fsp3) is 0.923. The van der Waals surface area contributed by atoms with Crippen molar-refractivity contribution in [3.63, 3.8) is 0 Å². The lowest BCUT2D eigenvalue weighted by Crippen LogP contribution is -2.52. The van der Waals surface area contributed by atoms with E-state index in [1.54, 1.807) is 0 Å². The van der Waals surface area contributed by atoms with Crippen molar-refractivity contribution in [2.45, 2.75) is 6.92 Å². The quantitative estimate of drug-likeness (QED) is 0.725. The molecule has 0 aromatic rings. The van der Waals surface area contributed by atoms with Gasteiger partial charge in [0.1, 0.15) is 0 Å². The van der Waals surface area contributed by atoms with Gasteiger partial charge in [-0.3, -0.25) is 4.79 Å². The predicted molar refractivity (Wildman–Crippen MR) is 79.7 cm³/mol. The highest BCUT2D eigenvalue weighted by atomic mass is 35.5. The Hall–Kier alpha value is -0.360. The third-order valence-corrected chi connectivity index (χ3v) is 3.94. The van der Waals surface area contributed by atoms with E-state index >= 15 is 0 Å². The van der Waals surface area contributed by atoms with Crippen LogP contribution in [0.4, 0.5) is 0 Å². The molecule has 2 N–H and O–H groups in total. The summed E-state index contributed by atoms with van der Waals surface area (Å²) in [4.78, 5) is 16.6. The van der Waals surface area contributed by atoms with E-state index in [2.05, 4.69) is 34.4 Å². The summed E-state index contributed by atoms with van der Waals surface area (Å²) >= 11 is 0. The number of nitrogens with one attached hydrogen (secondary N) is 2. The molecule has 0 aromatic heterocycles. The van der Waals surface area contributed by atoms with Crippen LogP contribution in [0.3, 0.4) is 0 Å². The summed E-state index contributed by atoms with van der Waals surface area (Å²) in [5, 5.41) is 6.19. The fourth-order valence-electron chi connectivity index (χ4n) is 2.43. The fourth-order valence-corrected chi connectivity index (χ4v) is 2.43. The van der Waals surface area contributed by atoms with Crippen molar-refractivity contribution >= 4 is 18.3 Å². The molecule has 0 aliphatic carbocycles. The van der Waals surface area contributed by atoms with Gasteiger partial charge in [0.2, 0.25) is 5.91 Å². The Kier molecular flexibility index (Phi) is 7.07. The summed E-state index contributed by atoms with van der Waals surface area (Å²) in [6.45, 7) is 10.4. The maximum atomic E-state index is 11.7. The molecule has 2 heterocycles. The minimum Gasteiger partial charge on any atom is -0.355 e. The Morgan fingerprint density at radius 3 is 2.47 bits per heavy atom. The molecule has 1 amide bonds. The molecule has 2 saturated heterocycles. The molecule has 0 bridgehead atoms. The van der Waals surface area contributed by atoms with Gasteiger partial charge in [-0.1, -0.05) is 6.92 Å². The zero-order valence-electron chi connectivity index (χ0n) is 12.0. The molecule has 112 valence electrons. The second kappa shape index (κ2) is 8.04. The number of nitrogens with zero attached hydrogens (tertiary/aromatic N) is 2. The molecule has 1 unspecified atom stereocenters. The van der Waals surface area contributed by atoms with Crippen LogP contribution in [0.5, 0.6) is 0 Å². The first kappa shape index (κ1) is 16.7. The van der Waals surface area contributed by atoms with Gasteiger partial charge in [-0.2, -0.15) is 0 Å². The Labute approximate surface area is 122 Å². The van der Waals surface area contributed by atoms with Crippen molar-refractivity contribution in [3.8, 4) is 0 Å². The second-order valence-corrected chi connectivity index (χ2v) is 5.81. The Balaban J connectivity index is 0.00000180. The van der Waals surface area contributed by atoms with Gasteiger partial charge in [-0.05, 0) is 13.0 Å². The molecule has 5 nitrogen and oxygen atoms in total. The number of amides is 1. The number of carbonyl (C=O) groups excluding carboxylic acids is 1. The molecule has 1 atom stereocenters. The number of hydrogen-bond acceptors (Lipinski definition) is 4. The zero-order chi connectivity index (χ0) is 13.0. The van der Waals surface area contributed by atoms with Crippen LogP contribution in [0.1, 0.15) is 6.92 Å². The normalized spacial score (nSPS) is 23.3. The number of carbonyl (C=O) groups is 1. The van der Waals surface area contributed by atoms with Gasteiger partial charge in [0, 0.05) is 52.4 Å². The van der Waals surface area contributed by atoms with Gasteiger partial charge < -0.3 is 20.4 Å². The molecular weight excluding hydrogens is 264 g/mol. The minimum absolute atomic E-state index is 0. The van der Waals surface area contributed by atoms with Gasteiger partial charge >= 0.3 is 0 Å². The molecule has 2 rings (SSSR count). The lowest BCUT2D eigenvalue weighted by atomic mass is 10.0. The van der Waals surface area contributed by atoms with Crippen LogP contribution in [0.2, 0.25) is 0 Å². The lowest BCUT2D eigenvalue weighted by molar-refractivity contribution is -0.126. The van der Waals surface area contributed by atoms with Gasteiger partial charge in [0.15, 0.2) is 0 Å². The van der Waals surface area contributed by atoms with Crippen molar-refractivity contribution in [3.05, 3.63) is 0 Å². The first-order valence-electron chi connectivity index (χ1n) is 7.04. The first-order chi connectivity index (χ1) is 8.65. The number of likely N-dealkylation sites (N-methyl/N-ethyl adjacent to an activating group) is 1. The van der Waals surface area contributed by atoms with Crippen LogP contribution in [0.25, 0.3) is 0 Å². The maximum absolute atomic E-state index is 11.7. The van der Waals surface area contributed by atoms with Crippen LogP contribution < -0.4 is 10.6 Å². The number of piperazine rings is 1. The topological polar surface area (TPSA) is 47.6 Å². The molecule has 2 fully saturated rings. The van der Waals surface area contributed by atoms with Crippen molar-refractivity contribution in [1.29, 1.82) is 0 Å². The lowest BCUT2D eigenvalue weighted by Gasteiger charge is -2.34. The van der Waals surface area contributed by atoms with E-state index in [9.17, 15) is 4.79 Å². The average molecular weight is 291 g/mol. The van der Waals surface area contributed by atoms with E-state index in [0.29, 0.717) is 5.92 Å². The van der Waals surface area contributed by atoms with Crippen molar-refractivity contribution < 1.29 is 4.79 Å². The minimum atomic E-state index is 0. The summed E-state index contributed by atoms with van der Waals surface area (Å²) in [7, 11) is 2.17. The van der Waals surface area contributed by atoms with Crippen molar-refractivity contribution in [2.75, 3.05) is 59.4 Å². The molecule has 0 aromatic carbocycles. The van der Waals surface area contributed by atoms with Crippen molar-refractivity contribution in [2.24, 2.45) is 11.8 Å². The average Bonchev–Trinajstić information content (AvgIpc) is 2.27. The van der Waals surface area contributed by atoms with Crippen LogP contribution in [0, 0.1) is 11.8 Å². The van der Waals surface area contributed by atoms with E-state index in [4.69, 9.17) is 0 Å². The number of hydrogen-bond donors (Lipinski definition) is 2. The predicted octanol–water partition coefficient (Wildman–Crippen LogP) is -0.373. The van der Waals surface area contributed by atoms with E-state index in [0.717, 1.165) is 52.4 Å². The molecule has 0 saturated carbocycles. The SMILES string of the molecule is CC(CNC(=O)C1CNC1)CN1CCN(C)CC1.Cl. The number of halogens is 1.